The molecule has 0 radical (unpaired) electrons. The van der Waals surface area contributed by atoms with Crippen LogP contribution in [-0.2, 0) is 12.8 Å². The van der Waals surface area contributed by atoms with Crippen LogP contribution in [0.25, 0.3) is 0 Å². The van der Waals surface area contributed by atoms with E-state index in [9.17, 15) is 13.2 Å². The number of hydrogen-bond acceptors (Lipinski definition) is 3. The average Bonchev–Trinajstić information content (AvgIpc) is 2.36. The normalized spacial score (nSPS) is 11.4. The van der Waals surface area contributed by atoms with Crippen molar-refractivity contribution in [3.05, 3.63) is 52.9 Å². The molecule has 0 saturated carbocycles. The molecule has 0 spiro atoms. The number of nitrogens with zero attached hydrogens (tertiary/aromatic N) is 2. The third kappa shape index (κ3) is 3.82. The maximum atomic E-state index is 12.5. The Morgan fingerprint density at radius 2 is 1.95 bits per heavy atom. The first kappa shape index (κ1) is 13.6. The number of benzene rings is 1. The lowest BCUT2D eigenvalue weighted by Crippen LogP contribution is -2.06. The lowest BCUT2D eigenvalue weighted by Gasteiger charge is -2.09. The second-order valence-electron chi connectivity index (χ2n) is 3.67. The molecule has 0 N–H and O–H groups in total. The van der Waals surface area contributed by atoms with Gasteiger partial charge in [0.1, 0.15) is 18.1 Å². The van der Waals surface area contributed by atoms with E-state index in [1.165, 1.54) is 24.5 Å². The summed E-state index contributed by atoms with van der Waals surface area (Å²) in [6.45, 7) is -0.0305. The lowest BCUT2D eigenvalue weighted by molar-refractivity contribution is -0.137. The van der Waals surface area contributed by atoms with Gasteiger partial charge in [-0.25, -0.2) is 9.97 Å². The van der Waals surface area contributed by atoms with Gasteiger partial charge in [-0.3, -0.25) is 0 Å². The molecule has 100 valence electrons. The second kappa shape index (κ2) is 5.44. The predicted octanol–water partition coefficient (Wildman–Crippen LogP) is 3.73. The van der Waals surface area contributed by atoms with E-state index < -0.39 is 11.7 Å². The van der Waals surface area contributed by atoms with E-state index in [0.29, 0.717) is 5.56 Å². The highest BCUT2D eigenvalue weighted by atomic mass is 35.5. The van der Waals surface area contributed by atoms with Crippen molar-refractivity contribution in [3.63, 3.8) is 0 Å². The van der Waals surface area contributed by atoms with Gasteiger partial charge in [-0.2, -0.15) is 13.2 Å². The molecule has 1 heterocycles. The fraction of sp³-hybridized carbons (Fsp3) is 0.167. The fourth-order valence-corrected chi connectivity index (χ4v) is 1.53. The molecular weight excluding hydrogens is 281 g/mol. The third-order valence-electron chi connectivity index (χ3n) is 2.25. The SMILES string of the molecule is FC(F)(F)c1cccc(COc2cc(Cl)ncn2)c1. The van der Waals surface area contributed by atoms with E-state index in [0.717, 1.165) is 12.1 Å². The summed E-state index contributed by atoms with van der Waals surface area (Å²) in [5.41, 5.74) is -0.320. The van der Waals surface area contributed by atoms with Crippen LogP contribution in [0.3, 0.4) is 0 Å². The lowest BCUT2D eigenvalue weighted by atomic mass is 10.1. The molecule has 0 bridgehead atoms. The Hall–Kier alpha value is -1.82. The topological polar surface area (TPSA) is 35.0 Å². The monoisotopic (exact) mass is 288 g/mol. The van der Waals surface area contributed by atoms with Crippen molar-refractivity contribution >= 4 is 11.6 Å². The molecule has 0 atom stereocenters. The Bertz CT molecular complexity index is 575. The second-order valence-corrected chi connectivity index (χ2v) is 4.05. The Labute approximate surface area is 112 Å². The van der Waals surface area contributed by atoms with Gasteiger partial charge in [-0.05, 0) is 17.7 Å². The maximum Gasteiger partial charge on any atom is 0.416 e. The van der Waals surface area contributed by atoms with Crippen LogP contribution in [0.4, 0.5) is 13.2 Å². The molecule has 1 aromatic heterocycles. The van der Waals surface area contributed by atoms with E-state index in [2.05, 4.69) is 9.97 Å². The summed E-state index contributed by atoms with van der Waals surface area (Å²) in [7, 11) is 0. The summed E-state index contributed by atoms with van der Waals surface area (Å²) in [6, 6.07) is 6.29. The number of halogens is 4. The Morgan fingerprint density at radius 1 is 1.16 bits per heavy atom. The zero-order valence-corrected chi connectivity index (χ0v) is 10.2. The van der Waals surface area contributed by atoms with E-state index in [1.807, 2.05) is 0 Å². The minimum absolute atomic E-state index is 0.0305. The van der Waals surface area contributed by atoms with Gasteiger partial charge in [0.05, 0.1) is 5.56 Å². The molecule has 19 heavy (non-hydrogen) atoms. The summed E-state index contributed by atoms with van der Waals surface area (Å²) >= 11 is 5.63. The summed E-state index contributed by atoms with van der Waals surface area (Å²) in [4.78, 5) is 7.45. The van der Waals surface area contributed by atoms with Crippen LogP contribution in [0.2, 0.25) is 5.15 Å². The van der Waals surface area contributed by atoms with Crippen LogP contribution in [0.1, 0.15) is 11.1 Å². The van der Waals surface area contributed by atoms with Gasteiger partial charge in [0, 0.05) is 6.07 Å². The van der Waals surface area contributed by atoms with Crippen molar-refractivity contribution in [1.82, 2.24) is 9.97 Å². The highest BCUT2D eigenvalue weighted by Gasteiger charge is 2.30. The minimum atomic E-state index is -4.37. The van der Waals surface area contributed by atoms with E-state index in [1.54, 1.807) is 0 Å². The first-order valence-electron chi connectivity index (χ1n) is 5.21. The van der Waals surface area contributed by atoms with Crippen molar-refractivity contribution in [2.75, 3.05) is 0 Å². The van der Waals surface area contributed by atoms with Gasteiger partial charge >= 0.3 is 6.18 Å². The molecule has 0 fully saturated rings. The Balaban J connectivity index is 2.08. The molecular formula is C12H8ClF3N2O. The predicted molar refractivity (Wildman–Crippen MR) is 62.8 cm³/mol. The van der Waals surface area contributed by atoms with E-state index in [-0.39, 0.29) is 17.6 Å². The number of rotatable bonds is 3. The quantitative estimate of drug-likeness (QED) is 0.807. The van der Waals surface area contributed by atoms with Crippen LogP contribution >= 0.6 is 11.6 Å². The van der Waals surface area contributed by atoms with Crippen molar-refractivity contribution in [3.8, 4) is 5.88 Å². The molecule has 0 aliphatic rings. The third-order valence-corrected chi connectivity index (χ3v) is 2.46. The van der Waals surface area contributed by atoms with E-state index in [4.69, 9.17) is 16.3 Å². The van der Waals surface area contributed by atoms with Crippen LogP contribution in [0.15, 0.2) is 36.7 Å². The van der Waals surface area contributed by atoms with Gasteiger partial charge in [-0.15, -0.1) is 0 Å². The van der Waals surface area contributed by atoms with Crippen molar-refractivity contribution in [2.24, 2.45) is 0 Å². The summed E-state index contributed by atoms with van der Waals surface area (Å²) in [6.07, 6.45) is -3.15. The standard InChI is InChI=1S/C12H8ClF3N2O/c13-10-5-11(18-7-17-10)19-6-8-2-1-3-9(4-8)12(14,15)16/h1-5,7H,6H2. The van der Waals surface area contributed by atoms with E-state index >= 15 is 0 Å². The molecule has 0 aliphatic heterocycles. The Morgan fingerprint density at radius 3 is 2.63 bits per heavy atom. The number of aromatic nitrogens is 2. The maximum absolute atomic E-state index is 12.5. The van der Waals surface area contributed by atoms with Crippen LogP contribution < -0.4 is 4.74 Å². The summed E-state index contributed by atoms with van der Waals surface area (Å²) in [5.74, 6) is 0.206. The van der Waals surface area contributed by atoms with Gasteiger partial charge in [-0.1, -0.05) is 23.7 Å². The van der Waals surface area contributed by atoms with Gasteiger partial charge in [0.2, 0.25) is 5.88 Å². The smallest absolute Gasteiger partial charge is 0.416 e. The first-order valence-corrected chi connectivity index (χ1v) is 5.59. The summed E-state index contributed by atoms with van der Waals surface area (Å²) in [5, 5.41) is 0.203. The molecule has 3 nitrogen and oxygen atoms in total. The molecule has 0 unspecified atom stereocenters. The molecule has 0 saturated heterocycles. The molecule has 2 aromatic rings. The molecule has 7 heteroatoms. The van der Waals surface area contributed by atoms with Crippen LogP contribution in [-0.4, -0.2) is 9.97 Å². The summed E-state index contributed by atoms with van der Waals surface area (Å²) < 4.78 is 42.8. The largest absolute Gasteiger partial charge is 0.473 e. The van der Waals surface area contributed by atoms with Crippen molar-refractivity contribution in [2.45, 2.75) is 12.8 Å². The van der Waals surface area contributed by atoms with Gasteiger partial charge < -0.3 is 4.74 Å². The molecule has 1 aromatic carbocycles. The number of alkyl halides is 3. The van der Waals surface area contributed by atoms with Crippen molar-refractivity contribution in [1.29, 1.82) is 0 Å². The highest BCUT2D eigenvalue weighted by molar-refractivity contribution is 6.29. The molecule has 0 amide bonds. The van der Waals surface area contributed by atoms with Gasteiger partial charge in [0.25, 0.3) is 0 Å². The van der Waals surface area contributed by atoms with Crippen LogP contribution in [0.5, 0.6) is 5.88 Å². The fourth-order valence-electron chi connectivity index (χ4n) is 1.39. The number of ether oxygens (including phenoxy) is 1. The first-order chi connectivity index (χ1) is 8.95. The average molecular weight is 289 g/mol. The Kier molecular flexibility index (Phi) is 3.90. The zero-order valence-electron chi connectivity index (χ0n) is 9.49. The van der Waals surface area contributed by atoms with Crippen molar-refractivity contribution < 1.29 is 17.9 Å². The zero-order chi connectivity index (χ0) is 13.9. The number of hydrogen-bond donors (Lipinski definition) is 0. The van der Waals surface area contributed by atoms with Crippen LogP contribution in [0, 0.1) is 0 Å². The van der Waals surface area contributed by atoms with Gasteiger partial charge in [0.15, 0.2) is 0 Å². The molecule has 0 aliphatic carbocycles. The molecule has 2 rings (SSSR count). The highest BCUT2D eigenvalue weighted by Crippen LogP contribution is 2.29. The minimum Gasteiger partial charge on any atom is -0.473 e.